The molecular formula is C12H13NO2. The molecule has 3 heteroatoms. The molecule has 2 aromatic heterocycles. The minimum Gasteiger partial charge on any atom is -0.389 e. The van der Waals surface area contributed by atoms with Gasteiger partial charge < -0.3 is 5.11 Å². The first-order valence-electron chi connectivity index (χ1n) is 4.89. The van der Waals surface area contributed by atoms with E-state index in [1.807, 2.05) is 19.1 Å². The molecule has 0 aliphatic heterocycles. The van der Waals surface area contributed by atoms with E-state index in [1.165, 1.54) is 6.07 Å². The highest BCUT2D eigenvalue weighted by atomic mass is 16.3. The Morgan fingerprint density at radius 3 is 2.67 bits per heavy atom. The number of aryl methyl sites for hydroxylation is 1. The number of aliphatic hydroxyl groups is 1. The van der Waals surface area contributed by atoms with Gasteiger partial charge in [-0.25, -0.2) is 0 Å². The van der Waals surface area contributed by atoms with Crippen LogP contribution in [-0.2, 0) is 0 Å². The normalized spacial score (nSPS) is 13.0. The second-order valence-corrected chi connectivity index (χ2v) is 3.76. The molecule has 0 saturated carbocycles. The maximum absolute atomic E-state index is 11.6. The zero-order chi connectivity index (χ0) is 11.0. The highest BCUT2D eigenvalue weighted by molar-refractivity contribution is 5.55. The zero-order valence-electron chi connectivity index (χ0n) is 8.77. The third-order valence-electron chi connectivity index (χ3n) is 2.49. The number of hydrogen-bond acceptors (Lipinski definition) is 2. The Hall–Kier alpha value is -1.61. The number of aliphatic hydroxyl groups excluding tert-OH is 1. The van der Waals surface area contributed by atoms with E-state index < -0.39 is 6.10 Å². The summed E-state index contributed by atoms with van der Waals surface area (Å²) in [5.41, 5.74) is 2.49. The molecule has 0 spiro atoms. The summed E-state index contributed by atoms with van der Waals surface area (Å²) < 4.78 is 1.57. The van der Waals surface area contributed by atoms with Crippen LogP contribution in [0.1, 0.15) is 24.2 Å². The Morgan fingerprint density at radius 1 is 1.27 bits per heavy atom. The van der Waals surface area contributed by atoms with Crippen molar-refractivity contribution in [1.82, 2.24) is 4.40 Å². The molecule has 3 nitrogen and oxygen atoms in total. The van der Waals surface area contributed by atoms with E-state index in [4.69, 9.17) is 0 Å². The van der Waals surface area contributed by atoms with Crippen LogP contribution in [0.5, 0.6) is 0 Å². The van der Waals surface area contributed by atoms with E-state index in [0.29, 0.717) is 0 Å². The first-order chi connectivity index (χ1) is 7.09. The van der Waals surface area contributed by atoms with E-state index >= 15 is 0 Å². The molecule has 78 valence electrons. The van der Waals surface area contributed by atoms with Crippen LogP contribution in [0.25, 0.3) is 5.52 Å². The molecule has 15 heavy (non-hydrogen) atoms. The first kappa shape index (κ1) is 9.93. The van der Waals surface area contributed by atoms with Crippen molar-refractivity contribution < 1.29 is 5.11 Å². The fourth-order valence-electron chi connectivity index (χ4n) is 1.70. The van der Waals surface area contributed by atoms with Gasteiger partial charge in [0, 0.05) is 17.8 Å². The summed E-state index contributed by atoms with van der Waals surface area (Å²) in [7, 11) is 0. The van der Waals surface area contributed by atoms with Gasteiger partial charge in [0.2, 0.25) is 0 Å². The van der Waals surface area contributed by atoms with Crippen molar-refractivity contribution in [3.05, 3.63) is 51.9 Å². The molecular weight excluding hydrogens is 190 g/mol. The monoisotopic (exact) mass is 203 g/mol. The van der Waals surface area contributed by atoms with Crippen LogP contribution in [0.3, 0.4) is 0 Å². The van der Waals surface area contributed by atoms with Crippen molar-refractivity contribution in [2.24, 2.45) is 0 Å². The summed E-state index contributed by atoms with van der Waals surface area (Å²) in [6.45, 7) is 3.63. The Morgan fingerprint density at radius 2 is 2.00 bits per heavy atom. The van der Waals surface area contributed by atoms with Crippen molar-refractivity contribution in [2.45, 2.75) is 20.0 Å². The third kappa shape index (κ3) is 1.66. The average Bonchev–Trinajstić information content (AvgIpc) is 2.19. The van der Waals surface area contributed by atoms with Gasteiger partial charge in [0.05, 0.1) is 11.6 Å². The highest BCUT2D eigenvalue weighted by Gasteiger charge is 2.07. The molecule has 0 amide bonds. The summed E-state index contributed by atoms with van der Waals surface area (Å²) in [4.78, 5) is 11.6. The molecule has 2 rings (SSSR count). The van der Waals surface area contributed by atoms with E-state index in [-0.39, 0.29) is 5.56 Å². The second-order valence-electron chi connectivity index (χ2n) is 3.76. The molecule has 1 N–H and O–H groups in total. The predicted molar refractivity (Wildman–Crippen MR) is 59.0 cm³/mol. The molecule has 0 saturated heterocycles. The Labute approximate surface area is 87.6 Å². The van der Waals surface area contributed by atoms with E-state index in [1.54, 1.807) is 23.6 Å². The molecule has 1 atom stereocenters. The Bertz CT molecular complexity index is 555. The lowest BCUT2D eigenvalue weighted by Gasteiger charge is -2.10. The van der Waals surface area contributed by atoms with Gasteiger partial charge in [-0.3, -0.25) is 9.20 Å². The standard InChI is InChI=1S/C12H13NO2/c1-8-3-5-11-10(9(2)14)4-6-12(15)13(11)7-8/h3-7,9,14H,1-2H3. The lowest BCUT2D eigenvalue weighted by Crippen LogP contribution is -2.14. The van der Waals surface area contributed by atoms with Crippen LogP contribution in [0.4, 0.5) is 0 Å². The average molecular weight is 203 g/mol. The maximum Gasteiger partial charge on any atom is 0.255 e. The van der Waals surface area contributed by atoms with Crippen molar-refractivity contribution in [1.29, 1.82) is 0 Å². The van der Waals surface area contributed by atoms with Gasteiger partial charge in [0.25, 0.3) is 5.56 Å². The van der Waals surface area contributed by atoms with Gasteiger partial charge >= 0.3 is 0 Å². The summed E-state index contributed by atoms with van der Waals surface area (Å²) in [6, 6.07) is 6.95. The summed E-state index contributed by atoms with van der Waals surface area (Å²) in [6.07, 6.45) is 1.21. The quantitative estimate of drug-likeness (QED) is 0.765. The Balaban J connectivity index is 2.89. The summed E-state index contributed by atoms with van der Waals surface area (Å²) in [5.74, 6) is 0. The van der Waals surface area contributed by atoms with Crippen molar-refractivity contribution in [2.75, 3.05) is 0 Å². The molecule has 2 heterocycles. The van der Waals surface area contributed by atoms with E-state index in [9.17, 15) is 9.90 Å². The molecule has 0 aliphatic rings. The van der Waals surface area contributed by atoms with Crippen LogP contribution in [0.15, 0.2) is 35.3 Å². The largest absolute Gasteiger partial charge is 0.389 e. The van der Waals surface area contributed by atoms with Crippen LogP contribution < -0.4 is 5.56 Å². The topological polar surface area (TPSA) is 41.7 Å². The molecule has 0 aliphatic carbocycles. The van der Waals surface area contributed by atoms with Crippen molar-refractivity contribution in [3.8, 4) is 0 Å². The van der Waals surface area contributed by atoms with Gasteiger partial charge in [-0.15, -0.1) is 0 Å². The first-order valence-corrected chi connectivity index (χ1v) is 4.89. The van der Waals surface area contributed by atoms with Crippen molar-refractivity contribution >= 4 is 5.52 Å². The number of aromatic nitrogens is 1. The molecule has 1 unspecified atom stereocenters. The molecule has 0 aromatic carbocycles. The van der Waals surface area contributed by atoms with Gasteiger partial charge in [-0.2, -0.15) is 0 Å². The fourth-order valence-corrected chi connectivity index (χ4v) is 1.70. The number of pyridine rings is 2. The predicted octanol–water partition coefficient (Wildman–Crippen LogP) is 1.66. The SMILES string of the molecule is Cc1ccc2c(C(C)O)ccc(=O)n2c1. The van der Waals surface area contributed by atoms with Crippen molar-refractivity contribution in [3.63, 3.8) is 0 Å². The minimum absolute atomic E-state index is 0.0712. The van der Waals surface area contributed by atoms with Crippen LogP contribution >= 0.6 is 0 Å². The highest BCUT2D eigenvalue weighted by Crippen LogP contribution is 2.17. The number of nitrogens with zero attached hydrogens (tertiary/aromatic N) is 1. The lowest BCUT2D eigenvalue weighted by molar-refractivity contribution is 0.200. The second kappa shape index (κ2) is 3.51. The van der Waals surface area contributed by atoms with Crippen LogP contribution in [0, 0.1) is 6.92 Å². The number of hydrogen-bond donors (Lipinski definition) is 1. The van der Waals surface area contributed by atoms with Gasteiger partial charge in [0.1, 0.15) is 0 Å². The van der Waals surface area contributed by atoms with Gasteiger partial charge in [-0.1, -0.05) is 6.07 Å². The number of fused-ring (bicyclic) bond motifs is 1. The fraction of sp³-hybridized carbons (Fsp3) is 0.250. The molecule has 0 fully saturated rings. The van der Waals surface area contributed by atoms with Gasteiger partial charge in [-0.05, 0) is 31.5 Å². The minimum atomic E-state index is -0.566. The Kier molecular flexibility index (Phi) is 2.32. The maximum atomic E-state index is 11.6. The zero-order valence-corrected chi connectivity index (χ0v) is 8.77. The van der Waals surface area contributed by atoms with Gasteiger partial charge in [0.15, 0.2) is 0 Å². The van der Waals surface area contributed by atoms with Crippen LogP contribution in [0.2, 0.25) is 0 Å². The molecule has 2 aromatic rings. The smallest absolute Gasteiger partial charge is 0.255 e. The van der Waals surface area contributed by atoms with E-state index in [2.05, 4.69) is 0 Å². The molecule has 0 radical (unpaired) electrons. The lowest BCUT2D eigenvalue weighted by atomic mass is 10.1. The number of rotatable bonds is 1. The third-order valence-corrected chi connectivity index (χ3v) is 2.49. The van der Waals surface area contributed by atoms with Crippen LogP contribution in [-0.4, -0.2) is 9.51 Å². The summed E-state index contributed by atoms with van der Waals surface area (Å²) >= 11 is 0. The summed E-state index contributed by atoms with van der Waals surface area (Å²) in [5, 5.41) is 9.57. The van der Waals surface area contributed by atoms with E-state index in [0.717, 1.165) is 16.6 Å². The molecule has 0 bridgehead atoms.